The molecule has 4 nitrogen and oxygen atoms in total. The van der Waals surface area contributed by atoms with Crippen molar-refractivity contribution in [2.24, 2.45) is 0 Å². The van der Waals surface area contributed by atoms with Gasteiger partial charge in [0.2, 0.25) is 0 Å². The number of carbonyl (C=O) groups is 1. The van der Waals surface area contributed by atoms with Crippen LogP contribution in [0.5, 0.6) is 0 Å². The molecule has 0 radical (unpaired) electrons. The summed E-state index contributed by atoms with van der Waals surface area (Å²) in [7, 11) is 0. The van der Waals surface area contributed by atoms with E-state index < -0.39 is 5.97 Å². The number of likely N-dealkylation sites (tertiary alicyclic amines) is 1. The largest absolute Gasteiger partial charge is 0.481 e. The van der Waals surface area contributed by atoms with Gasteiger partial charge in [-0.15, -0.1) is 0 Å². The number of carboxylic acids is 1. The molecule has 5 heteroatoms. The summed E-state index contributed by atoms with van der Waals surface area (Å²) in [5.74, 6) is -0.742. The monoisotopic (exact) mass is 373 g/mol. The zero-order valence-corrected chi connectivity index (χ0v) is 15.4. The number of rotatable bonds is 7. The van der Waals surface area contributed by atoms with Gasteiger partial charge in [-0.25, -0.2) is 0 Å². The molecule has 0 aliphatic carbocycles. The molecule has 0 spiro atoms. The van der Waals surface area contributed by atoms with Gasteiger partial charge in [-0.2, -0.15) is 0 Å². The predicted molar refractivity (Wildman–Crippen MR) is 103 cm³/mol. The minimum Gasteiger partial charge on any atom is -0.481 e. The second-order valence-electron chi connectivity index (χ2n) is 6.67. The van der Waals surface area contributed by atoms with Crippen molar-refractivity contribution in [3.05, 3.63) is 70.7 Å². The van der Waals surface area contributed by atoms with Gasteiger partial charge in [-0.1, -0.05) is 54.1 Å². The highest BCUT2D eigenvalue weighted by atomic mass is 35.5. The van der Waals surface area contributed by atoms with Crippen molar-refractivity contribution < 1.29 is 14.6 Å². The molecule has 3 rings (SSSR count). The van der Waals surface area contributed by atoms with E-state index in [-0.39, 0.29) is 18.6 Å². The Bertz CT molecular complexity index is 714. The van der Waals surface area contributed by atoms with Crippen LogP contribution < -0.4 is 0 Å². The third kappa shape index (κ3) is 5.31. The third-order valence-electron chi connectivity index (χ3n) is 4.76. The van der Waals surface area contributed by atoms with Gasteiger partial charge in [0.1, 0.15) is 6.10 Å². The molecule has 1 N–H and O–H groups in total. The van der Waals surface area contributed by atoms with Crippen LogP contribution in [0.3, 0.4) is 0 Å². The lowest BCUT2D eigenvalue weighted by Crippen LogP contribution is -2.38. The predicted octanol–water partition coefficient (Wildman–Crippen LogP) is 4.39. The molecular weight excluding hydrogens is 350 g/mol. The SMILES string of the molecule is O=C(O)CCN1CCC(OC(c2ccccc2)c2cccc(Cl)c2)CC1. The first-order chi connectivity index (χ1) is 12.6. The maximum Gasteiger partial charge on any atom is 0.304 e. The Hall–Kier alpha value is -1.88. The second-order valence-corrected chi connectivity index (χ2v) is 7.10. The first-order valence-corrected chi connectivity index (χ1v) is 9.39. The summed E-state index contributed by atoms with van der Waals surface area (Å²) in [5, 5.41) is 9.53. The minimum atomic E-state index is -0.742. The number of aliphatic carboxylic acids is 1. The van der Waals surface area contributed by atoms with Gasteiger partial charge in [-0.05, 0) is 36.1 Å². The fourth-order valence-corrected chi connectivity index (χ4v) is 3.56. The van der Waals surface area contributed by atoms with E-state index in [1.807, 2.05) is 42.5 Å². The molecule has 138 valence electrons. The fourth-order valence-electron chi connectivity index (χ4n) is 3.36. The summed E-state index contributed by atoms with van der Waals surface area (Å²) >= 11 is 6.19. The number of hydrogen-bond donors (Lipinski definition) is 1. The van der Waals surface area contributed by atoms with Crippen molar-refractivity contribution in [3.63, 3.8) is 0 Å². The Kier molecular flexibility index (Phi) is 6.67. The van der Waals surface area contributed by atoms with Gasteiger partial charge in [0.15, 0.2) is 0 Å². The smallest absolute Gasteiger partial charge is 0.304 e. The average Bonchev–Trinajstić information content (AvgIpc) is 2.66. The van der Waals surface area contributed by atoms with E-state index in [9.17, 15) is 4.79 Å². The Labute approximate surface area is 159 Å². The summed E-state index contributed by atoms with van der Waals surface area (Å²) < 4.78 is 6.49. The van der Waals surface area contributed by atoms with E-state index in [1.54, 1.807) is 0 Å². The van der Waals surface area contributed by atoms with Gasteiger partial charge in [0, 0.05) is 24.7 Å². The first kappa shape index (κ1) is 18.9. The van der Waals surface area contributed by atoms with E-state index in [4.69, 9.17) is 21.4 Å². The van der Waals surface area contributed by atoms with E-state index >= 15 is 0 Å². The van der Waals surface area contributed by atoms with Gasteiger partial charge in [0.25, 0.3) is 0 Å². The Balaban J connectivity index is 1.67. The quantitative estimate of drug-likeness (QED) is 0.782. The Morgan fingerprint density at radius 2 is 1.81 bits per heavy atom. The van der Waals surface area contributed by atoms with Gasteiger partial charge in [0.05, 0.1) is 12.5 Å². The zero-order valence-electron chi connectivity index (χ0n) is 14.7. The summed E-state index contributed by atoms with van der Waals surface area (Å²) in [6.07, 6.45) is 2.01. The molecule has 2 aromatic carbocycles. The molecule has 0 bridgehead atoms. The highest BCUT2D eigenvalue weighted by Gasteiger charge is 2.25. The lowest BCUT2D eigenvalue weighted by atomic mass is 10.00. The average molecular weight is 374 g/mol. The molecular formula is C21H24ClNO3. The molecule has 1 atom stereocenters. The zero-order chi connectivity index (χ0) is 18.4. The summed E-state index contributed by atoms with van der Waals surface area (Å²) in [5.41, 5.74) is 2.17. The molecule has 0 aromatic heterocycles. The van der Waals surface area contributed by atoms with Crippen molar-refractivity contribution in [1.82, 2.24) is 4.90 Å². The molecule has 1 saturated heterocycles. The van der Waals surface area contributed by atoms with Crippen LogP contribution in [0, 0.1) is 0 Å². The number of benzene rings is 2. The summed E-state index contributed by atoms with van der Waals surface area (Å²) in [6.45, 7) is 2.35. The van der Waals surface area contributed by atoms with Gasteiger partial charge in [-0.3, -0.25) is 4.79 Å². The number of halogens is 1. The molecule has 1 heterocycles. The molecule has 1 aliphatic heterocycles. The molecule has 1 unspecified atom stereocenters. The highest BCUT2D eigenvalue weighted by Crippen LogP contribution is 2.31. The Morgan fingerprint density at radius 3 is 2.46 bits per heavy atom. The number of piperidine rings is 1. The van der Waals surface area contributed by atoms with E-state index in [0.717, 1.165) is 37.1 Å². The second kappa shape index (κ2) is 9.17. The van der Waals surface area contributed by atoms with Crippen molar-refractivity contribution in [1.29, 1.82) is 0 Å². The standard InChI is InChI=1S/C21H24ClNO3/c22-18-8-4-7-17(15-18)21(16-5-2-1-3-6-16)26-19-9-12-23(13-10-19)14-11-20(24)25/h1-8,15,19,21H,9-14H2,(H,24,25). The maximum atomic E-state index is 10.7. The van der Waals surface area contributed by atoms with Crippen molar-refractivity contribution in [3.8, 4) is 0 Å². The first-order valence-electron chi connectivity index (χ1n) is 9.02. The maximum absolute atomic E-state index is 10.7. The number of carboxylic acid groups (broad SMARTS) is 1. The number of hydrogen-bond acceptors (Lipinski definition) is 3. The normalized spacial score (nSPS) is 17.1. The molecule has 2 aromatic rings. The van der Waals surface area contributed by atoms with Crippen molar-refractivity contribution in [2.45, 2.75) is 31.5 Å². The van der Waals surface area contributed by atoms with Gasteiger partial charge >= 0.3 is 5.97 Å². The lowest BCUT2D eigenvalue weighted by Gasteiger charge is -2.34. The molecule has 1 aliphatic rings. The Morgan fingerprint density at radius 1 is 1.12 bits per heavy atom. The van der Waals surface area contributed by atoms with Crippen LogP contribution in [-0.2, 0) is 9.53 Å². The number of ether oxygens (including phenoxy) is 1. The topological polar surface area (TPSA) is 49.8 Å². The van der Waals surface area contributed by atoms with Crippen LogP contribution in [0.15, 0.2) is 54.6 Å². The molecule has 0 saturated carbocycles. The van der Waals surface area contributed by atoms with E-state index in [1.165, 1.54) is 0 Å². The van der Waals surface area contributed by atoms with Crippen LogP contribution in [0.1, 0.15) is 36.5 Å². The summed E-state index contributed by atoms with van der Waals surface area (Å²) in [6, 6.07) is 18.0. The van der Waals surface area contributed by atoms with E-state index in [0.29, 0.717) is 11.6 Å². The van der Waals surface area contributed by atoms with Gasteiger partial charge < -0.3 is 14.7 Å². The summed E-state index contributed by atoms with van der Waals surface area (Å²) in [4.78, 5) is 12.9. The van der Waals surface area contributed by atoms with Crippen LogP contribution in [0.2, 0.25) is 5.02 Å². The number of nitrogens with zero attached hydrogens (tertiary/aromatic N) is 1. The van der Waals surface area contributed by atoms with E-state index in [2.05, 4.69) is 17.0 Å². The molecule has 26 heavy (non-hydrogen) atoms. The van der Waals surface area contributed by atoms with Crippen molar-refractivity contribution in [2.75, 3.05) is 19.6 Å². The molecule has 0 amide bonds. The highest BCUT2D eigenvalue weighted by molar-refractivity contribution is 6.30. The third-order valence-corrected chi connectivity index (χ3v) is 4.99. The molecule has 1 fully saturated rings. The minimum absolute atomic E-state index is 0.148. The van der Waals surface area contributed by atoms with Crippen molar-refractivity contribution >= 4 is 17.6 Å². The van der Waals surface area contributed by atoms with Crippen LogP contribution in [0.4, 0.5) is 0 Å². The fraction of sp³-hybridized carbons (Fsp3) is 0.381. The van der Waals surface area contributed by atoms with Crippen LogP contribution in [0.25, 0.3) is 0 Å². The van der Waals surface area contributed by atoms with Crippen LogP contribution >= 0.6 is 11.6 Å². The van der Waals surface area contributed by atoms with Crippen LogP contribution in [-0.4, -0.2) is 41.7 Å². The lowest BCUT2D eigenvalue weighted by molar-refractivity contribution is -0.137.